The lowest BCUT2D eigenvalue weighted by Gasteiger charge is -2.28. The number of hydrogen-bond donors (Lipinski definition) is 0. The molecular formula is C38H50I2N3O2+. The molecule has 0 aliphatic heterocycles. The van der Waals surface area contributed by atoms with Gasteiger partial charge in [-0.1, -0.05) is 95.5 Å². The Kier molecular flexibility index (Phi) is 13.7. The number of ether oxygens (including phenoxy) is 1. The van der Waals surface area contributed by atoms with Crippen molar-refractivity contribution in [3.63, 3.8) is 0 Å². The number of alkyl halides is 2. The normalized spacial score (nSPS) is 11.8. The van der Waals surface area contributed by atoms with Crippen molar-refractivity contribution >= 4 is 79.0 Å². The number of amides is 1. The molecule has 5 nitrogen and oxygen atoms in total. The smallest absolute Gasteiger partial charge is 0.414 e. The van der Waals surface area contributed by atoms with E-state index in [0.717, 1.165) is 62.7 Å². The van der Waals surface area contributed by atoms with Crippen molar-refractivity contribution in [2.75, 3.05) is 20.3 Å². The third-order valence-corrected chi connectivity index (χ3v) is 9.74. The van der Waals surface area contributed by atoms with E-state index in [1.165, 1.54) is 60.5 Å². The number of para-hydroxylation sites is 1. The maximum atomic E-state index is 13.7. The van der Waals surface area contributed by atoms with E-state index in [1.54, 1.807) is 0 Å². The van der Waals surface area contributed by atoms with Crippen LogP contribution in [0.3, 0.4) is 0 Å². The zero-order valence-electron chi connectivity index (χ0n) is 27.8. The minimum atomic E-state index is -0.576. The van der Waals surface area contributed by atoms with Gasteiger partial charge in [-0.05, 0) is 104 Å². The van der Waals surface area contributed by atoms with Crippen molar-refractivity contribution in [1.29, 1.82) is 0 Å². The molecule has 242 valence electrons. The number of carbonyl (C=O) groups is 1. The molecule has 1 aromatic heterocycles. The van der Waals surface area contributed by atoms with Crippen LogP contribution in [0.15, 0.2) is 54.6 Å². The first-order valence-corrected chi connectivity index (χ1v) is 19.7. The molecule has 0 N–H and O–H groups in total. The summed E-state index contributed by atoms with van der Waals surface area (Å²) in [4.78, 5) is 20.7. The summed E-state index contributed by atoms with van der Waals surface area (Å²) >= 11 is 4.91. The van der Waals surface area contributed by atoms with Gasteiger partial charge in [-0.3, -0.25) is 4.90 Å². The van der Waals surface area contributed by atoms with Gasteiger partial charge < -0.3 is 4.74 Å². The first kappa shape index (κ1) is 35.8. The van der Waals surface area contributed by atoms with Crippen LogP contribution < -0.4 is 9.47 Å². The van der Waals surface area contributed by atoms with Crippen molar-refractivity contribution in [2.24, 2.45) is 0 Å². The molecule has 7 heteroatoms. The monoisotopic (exact) mass is 834 g/mol. The van der Waals surface area contributed by atoms with Crippen LogP contribution in [-0.2, 0) is 11.2 Å². The van der Waals surface area contributed by atoms with Crippen LogP contribution in [0.5, 0.6) is 0 Å². The van der Waals surface area contributed by atoms with E-state index >= 15 is 0 Å². The molecule has 1 amide bonds. The summed E-state index contributed by atoms with van der Waals surface area (Å²) < 4.78 is 10.7. The molecule has 1 heterocycles. The van der Waals surface area contributed by atoms with Gasteiger partial charge in [0.2, 0.25) is 16.7 Å². The average molecular weight is 835 g/mol. The van der Waals surface area contributed by atoms with Crippen LogP contribution in [0.25, 0.3) is 27.8 Å². The number of nitrogens with zero attached hydrogens (tertiary/aromatic N) is 3. The molecule has 0 unspecified atom stereocenters. The standard InChI is InChI=1S/C38H50I2N3O2/c1-28-24-32-35(26-30(28)18-12-7-6-8-15-21-39)43(31-19-13-11-14-20-31)36-27-34(29(2)25-33(36)41-32)42(23-17-10-9-16-22-40)37(44)45-38(3,4)5/h11,13-14,19-20,24-27H,6-10,12,15-18,21-23H2,1-5H3/q+1. The number of unbranched alkanes of at least 4 members (excludes halogenated alkanes) is 7. The predicted molar refractivity (Wildman–Crippen MR) is 207 cm³/mol. The second-order valence-corrected chi connectivity index (χ2v) is 15.3. The molecule has 45 heavy (non-hydrogen) atoms. The number of aromatic nitrogens is 2. The van der Waals surface area contributed by atoms with Gasteiger partial charge in [0.05, 0.1) is 5.69 Å². The van der Waals surface area contributed by atoms with Crippen LogP contribution >= 0.6 is 45.2 Å². The van der Waals surface area contributed by atoms with Gasteiger partial charge in [0, 0.05) is 30.8 Å². The second-order valence-electron chi connectivity index (χ2n) is 13.1. The number of carbonyl (C=O) groups excluding carboxylic acids is 1. The van der Waals surface area contributed by atoms with E-state index in [2.05, 4.69) is 118 Å². The van der Waals surface area contributed by atoms with Gasteiger partial charge >= 0.3 is 6.09 Å². The van der Waals surface area contributed by atoms with E-state index in [-0.39, 0.29) is 6.09 Å². The third-order valence-electron chi connectivity index (χ3n) is 8.21. The Hall–Kier alpha value is -2.01. The van der Waals surface area contributed by atoms with Gasteiger partial charge in [-0.25, -0.2) is 9.78 Å². The largest absolute Gasteiger partial charge is 0.443 e. The summed E-state index contributed by atoms with van der Waals surface area (Å²) in [7, 11) is 0. The Morgan fingerprint density at radius 2 is 1.36 bits per heavy atom. The molecule has 0 saturated carbocycles. The number of aryl methyl sites for hydroxylation is 3. The quantitative estimate of drug-likeness (QED) is 0.0394. The molecule has 0 atom stereocenters. The molecular weight excluding hydrogens is 784 g/mol. The number of fused-ring (bicyclic) bond motifs is 2. The van der Waals surface area contributed by atoms with Crippen LogP contribution in [0.4, 0.5) is 10.5 Å². The Morgan fingerprint density at radius 1 is 0.778 bits per heavy atom. The number of rotatable bonds is 15. The summed E-state index contributed by atoms with van der Waals surface area (Å²) in [6.07, 6.45) is 11.6. The number of halogens is 2. The first-order chi connectivity index (χ1) is 21.6. The highest BCUT2D eigenvalue weighted by Crippen LogP contribution is 2.30. The van der Waals surface area contributed by atoms with E-state index in [9.17, 15) is 4.79 Å². The molecule has 0 bridgehead atoms. The minimum absolute atomic E-state index is 0.296. The first-order valence-electron chi connectivity index (χ1n) is 16.6. The Balaban J connectivity index is 1.83. The Labute approximate surface area is 297 Å². The zero-order chi connectivity index (χ0) is 32.4. The maximum absolute atomic E-state index is 13.7. The molecule has 4 rings (SSSR count). The summed E-state index contributed by atoms with van der Waals surface area (Å²) in [6.45, 7) is 10.7. The Morgan fingerprint density at radius 3 is 2.00 bits per heavy atom. The highest BCUT2D eigenvalue weighted by atomic mass is 127. The highest BCUT2D eigenvalue weighted by molar-refractivity contribution is 14.1. The third kappa shape index (κ3) is 9.99. The molecule has 0 spiro atoms. The van der Waals surface area contributed by atoms with Crippen molar-refractivity contribution < 1.29 is 14.1 Å². The summed E-state index contributed by atoms with van der Waals surface area (Å²) in [5.74, 6) is 0. The average Bonchev–Trinajstić information content (AvgIpc) is 2.99. The number of hydrogen-bond acceptors (Lipinski definition) is 3. The number of anilines is 1. The summed E-state index contributed by atoms with van der Waals surface area (Å²) in [6, 6.07) is 19.4. The highest BCUT2D eigenvalue weighted by Gasteiger charge is 2.28. The van der Waals surface area contributed by atoms with Crippen molar-refractivity contribution in [2.45, 2.75) is 104 Å². The molecule has 3 aromatic carbocycles. The lowest BCUT2D eigenvalue weighted by atomic mass is 10.00. The topological polar surface area (TPSA) is 46.3 Å². The Bertz CT molecular complexity index is 1570. The van der Waals surface area contributed by atoms with Crippen LogP contribution in [0.2, 0.25) is 0 Å². The molecule has 0 saturated heterocycles. The fourth-order valence-electron chi connectivity index (χ4n) is 5.89. The molecule has 0 aliphatic rings. The van der Waals surface area contributed by atoms with E-state index < -0.39 is 5.60 Å². The maximum Gasteiger partial charge on any atom is 0.414 e. The lowest BCUT2D eigenvalue weighted by molar-refractivity contribution is -0.538. The number of benzene rings is 3. The summed E-state index contributed by atoms with van der Waals surface area (Å²) in [5, 5.41) is 0. The molecule has 0 radical (unpaired) electrons. The van der Waals surface area contributed by atoms with Gasteiger partial charge in [-0.15, -0.1) is 4.57 Å². The minimum Gasteiger partial charge on any atom is -0.443 e. The van der Waals surface area contributed by atoms with Gasteiger partial charge in [0.25, 0.3) is 0 Å². The van der Waals surface area contributed by atoms with Gasteiger partial charge in [0.1, 0.15) is 16.6 Å². The van der Waals surface area contributed by atoms with Crippen LogP contribution in [0.1, 0.15) is 95.2 Å². The van der Waals surface area contributed by atoms with Crippen molar-refractivity contribution in [3.8, 4) is 5.69 Å². The molecule has 0 aliphatic carbocycles. The lowest BCUT2D eigenvalue weighted by Crippen LogP contribution is -2.38. The molecule has 4 aromatic rings. The van der Waals surface area contributed by atoms with Crippen LogP contribution in [0, 0.1) is 13.8 Å². The SMILES string of the molecule is Cc1cc2nc3cc(C)c(N(CCCCCCI)C(=O)OC(C)(C)C)cc3[n+](-c3ccccc3)c2cc1CCCCCCCI. The van der Waals surface area contributed by atoms with Crippen molar-refractivity contribution in [3.05, 3.63) is 71.3 Å². The summed E-state index contributed by atoms with van der Waals surface area (Å²) in [5.41, 5.74) is 9.08. The zero-order valence-corrected chi connectivity index (χ0v) is 32.1. The van der Waals surface area contributed by atoms with Gasteiger partial charge in [-0.2, -0.15) is 0 Å². The van der Waals surface area contributed by atoms with E-state index in [0.29, 0.717) is 6.54 Å². The van der Waals surface area contributed by atoms with Crippen LogP contribution in [-0.4, -0.2) is 32.1 Å². The fraction of sp³-hybridized carbons (Fsp3) is 0.500. The van der Waals surface area contributed by atoms with Gasteiger partial charge in [0.15, 0.2) is 0 Å². The predicted octanol–water partition coefficient (Wildman–Crippen LogP) is 10.9. The fourth-order valence-corrected chi connectivity index (χ4v) is 6.97. The van der Waals surface area contributed by atoms with E-state index in [4.69, 9.17) is 9.72 Å². The van der Waals surface area contributed by atoms with E-state index in [1.807, 2.05) is 25.7 Å². The second kappa shape index (κ2) is 17.2. The molecule has 0 fully saturated rings. The van der Waals surface area contributed by atoms with Crippen molar-refractivity contribution in [1.82, 2.24) is 4.98 Å².